The highest BCUT2D eigenvalue weighted by Gasteiger charge is 2.30. The summed E-state index contributed by atoms with van der Waals surface area (Å²) < 4.78 is 0. The second-order valence-electron chi connectivity index (χ2n) is 5.78. The van der Waals surface area contributed by atoms with Crippen molar-refractivity contribution < 1.29 is 14.7 Å². The zero-order chi connectivity index (χ0) is 13.1. The number of nitrogens with zero attached hydrogens (tertiary/aromatic N) is 1. The number of carboxylic acids is 1. The van der Waals surface area contributed by atoms with Gasteiger partial charge >= 0.3 is 12.0 Å². The largest absolute Gasteiger partial charge is 0.480 e. The van der Waals surface area contributed by atoms with Crippen molar-refractivity contribution in [1.29, 1.82) is 0 Å². The third-order valence-electron chi connectivity index (χ3n) is 2.01. The van der Waals surface area contributed by atoms with Gasteiger partial charge < -0.3 is 15.3 Å². The topological polar surface area (TPSA) is 69.6 Å². The number of carbonyl (C=O) groups excluding carboxylic acids is 1. The molecule has 0 spiro atoms. The van der Waals surface area contributed by atoms with Crippen molar-refractivity contribution in [1.82, 2.24) is 10.2 Å². The van der Waals surface area contributed by atoms with Crippen molar-refractivity contribution in [3.8, 4) is 0 Å². The van der Waals surface area contributed by atoms with Crippen LogP contribution in [-0.2, 0) is 4.79 Å². The van der Waals surface area contributed by atoms with Crippen LogP contribution in [0.5, 0.6) is 0 Å². The maximum Gasteiger partial charge on any atom is 0.328 e. The van der Waals surface area contributed by atoms with E-state index in [0.717, 1.165) is 0 Å². The molecule has 0 aromatic rings. The molecule has 0 heterocycles. The summed E-state index contributed by atoms with van der Waals surface area (Å²) in [6.07, 6.45) is 0. The van der Waals surface area contributed by atoms with Gasteiger partial charge in [-0.05, 0) is 19.3 Å². The summed E-state index contributed by atoms with van der Waals surface area (Å²) in [5.74, 6) is -1.05. The van der Waals surface area contributed by atoms with Crippen LogP contribution in [0.15, 0.2) is 0 Å². The van der Waals surface area contributed by atoms with E-state index in [4.69, 9.17) is 5.11 Å². The summed E-state index contributed by atoms with van der Waals surface area (Å²) in [7, 11) is 1.65. The Morgan fingerprint density at radius 1 is 1.19 bits per heavy atom. The fourth-order valence-corrected chi connectivity index (χ4v) is 1.20. The molecule has 0 aliphatic heterocycles. The van der Waals surface area contributed by atoms with E-state index >= 15 is 0 Å². The highest BCUT2D eigenvalue weighted by Crippen LogP contribution is 2.14. The van der Waals surface area contributed by atoms with Gasteiger partial charge in [-0.2, -0.15) is 0 Å². The number of aliphatic carboxylic acids is 1. The van der Waals surface area contributed by atoms with Gasteiger partial charge in [0.15, 0.2) is 0 Å². The van der Waals surface area contributed by atoms with E-state index < -0.39 is 11.5 Å². The minimum atomic E-state index is -1.25. The predicted octanol–water partition coefficient (Wildman–Crippen LogP) is 1.54. The first-order chi connectivity index (χ1) is 6.96. The predicted molar refractivity (Wildman–Crippen MR) is 62.3 cm³/mol. The second-order valence-corrected chi connectivity index (χ2v) is 5.78. The minimum absolute atomic E-state index is 0.0144. The summed E-state index contributed by atoms with van der Waals surface area (Å²) in [5, 5.41) is 11.3. The van der Waals surface area contributed by atoms with Gasteiger partial charge in [0.25, 0.3) is 0 Å². The molecule has 0 saturated heterocycles. The van der Waals surface area contributed by atoms with Crippen LogP contribution in [0.25, 0.3) is 0 Å². The Bertz CT molecular complexity index is 279. The molecule has 2 N–H and O–H groups in total. The van der Waals surface area contributed by atoms with Crippen molar-refractivity contribution in [3.05, 3.63) is 0 Å². The van der Waals surface area contributed by atoms with Crippen LogP contribution >= 0.6 is 0 Å². The van der Waals surface area contributed by atoms with Crippen LogP contribution in [0.1, 0.15) is 34.6 Å². The molecule has 0 aliphatic rings. The Morgan fingerprint density at radius 2 is 1.62 bits per heavy atom. The van der Waals surface area contributed by atoms with Gasteiger partial charge in [0.2, 0.25) is 0 Å². The molecule has 5 nitrogen and oxygen atoms in total. The number of carboxylic acid groups (broad SMARTS) is 1. The Labute approximate surface area is 96.8 Å². The summed E-state index contributed by atoms with van der Waals surface area (Å²) in [4.78, 5) is 24.0. The lowest BCUT2D eigenvalue weighted by atomic mass is 9.96. The number of hydrogen-bond donors (Lipinski definition) is 2. The van der Waals surface area contributed by atoms with E-state index in [9.17, 15) is 9.59 Å². The molecule has 0 aliphatic carbocycles. The highest BCUT2D eigenvalue weighted by molar-refractivity contribution is 5.85. The normalized spacial score (nSPS) is 12.1. The van der Waals surface area contributed by atoms with Crippen LogP contribution in [0, 0.1) is 5.41 Å². The Hall–Kier alpha value is -1.26. The minimum Gasteiger partial charge on any atom is -0.480 e. The fraction of sp³-hybridized carbons (Fsp3) is 0.818. The first-order valence-electron chi connectivity index (χ1n) is 5.22. The van der Waals surface area contributed by atoms with Crippen LogP contribution in [0.4, 0.5) is 4.79 Å². The maximum absolute atomic E-state index is 11.7. The van der Waals surface area contributed by atoms with Gasteiger partial charge in [-0.1, -0.05) is 20.8 Å². The lowest BCUT2D eigenvalue weighted by Gasteiger charge is -2.30. The molecule has 0 rings (SSSR count). The molecule has 2 amide bonds. The van der Waals surface area contributed by atoms with E-state index in [1.165, 1.54) is 18.7 Å². The summed E-state index contributed by atoms with van der Waals surface area (Å²) in [5.41, 5.74) is -1.26. The standard InChI is InChI=1S/C11H22N2O3/c1-10(2,3)7-13(6)9(16)12-11(4,5)8(14)15/h7H2,1-6H3,(H,12,16)(H,14,15). The molecule has 0 radical (unpaired) electrons. The number of nitrogens with one attached hydrogen (secondary N) is 1. The second kappa shape index (κ2) is 4.72. The van der Waals surface area contributed by atoms with Gasteiger partial charge in [-0.3, -0.25) is 0 Å². The average molecular weight is 230 g/mol. The lowest BCUT2D eigenvalue weighted by molar-refractivity contribution is -0.143. The SMILES string of the molecule is CN(CC(C)(C)C)C(=O)NC(C)(C)C(=O)O. The van der Waals surface area contributed by atoms with E-state index in [0.29, 0.717) is 6.54 Å². The van der Waals surface area contributed by atoms with Gasteiger partial charge in [-0.15, -0.1) is 0 Å². The molecule has 0 unspecified atom stereocenters. The Morgan fingerprint density at radius 3 is 1.94 bits per heavy atom. The summed E-state index contributed by atoms with van der Waals surface area (Å²) >= 11 is 0. The van der Waals surface area contributed by atoms with Crippen molar-refractivity contribution in [2.45, 2.75) is 40.2 Å². The van der Waals surface area contributed by atoms with Crippen LogP contribution < -0.4 is 5.32 Å². The van der Waals surface area contributed by atoms with Crippen molar-refractivity contribution >= 4 is 12.0 Å². The Balaban J connectivity index is 4.43. The first kappa shape index (κ1) is 14.7. The van der Waals surface area contributed by atoms with E-state index in [1.807, 2.05) is 20.8 Å². The molecule has 94 valence electrons. The molecular formula is C11H22N2O3. The summed E-state index contributed by atoms with van der Waals surface area (Å²) in [6, 6.07) is -0.373. The number of rotatable bonds is 3. The van der Waals surface area contributed by atoms with Crippen molar-refractivity contribution in [2.24, 2.45) is 5.41 Å². The third kappa shape index (κ3) is 5.00. The third-order valence-corrected chi connectivity index (χ3v) is 2.01. The van der Waals surface area contributed by atoms with Crippen LogP contribution in [0.3, 0.4) is 0 Å². The van der Waals surface area contributed by atoms with Crippen LogP contribution in [-0.4, -0.2) is 41.1 Å². The average Bonchev–Trinajstić information content (AvgIpc) is 1.99. The molecule has 5 heteroatoms. The molecule has 0 atom stereocenters. The molecule has 0 saturated carbocycles. The Kier molecular flexibility index (Phi) is 4.35. The van der Waals surface area contributed by atoms with E-state index in [1.54, 1.807) is 7.05 Å². The van der Waals surface area contributed by atoms with Crippen molar-refractivity contribution in [3.63, 3.8) is 0 Å². The highest BCUT2D eigenvalue weighted by atomic mass is 16.4. The quantitative estimate of drug-likeness (QED) is 0.772. The molecule has 16 heavy (non-hydrogen) atoms. The molecule has 0 aromatic heterocycles. The van der Waals surface area contributed by atoms with Gasteiger partial charge in [0.05, 0.1) is 0 Å². The monoisotopic (exact) mass is 230 g/mol. The lowest BCUT2D eigenvalue weighted by Crippen LogP contribution is -2.54. The zero-order valence-corrected chi connectivity index (χ0v) is 10.9. The number of urea groups is 1. The summed E-state index contributed by atoms with van der Waals surface area (Å²) in [6.45, 7) is 9.52. The van der Waals surface area contributed by atoms with Gasteiger partial charge in [0.1, 0.15) is 5.54 Å². The molecule has 0 aromatic carbocycles. The van der Waals surface area contributed by atoms with Crippen molar-refractivity contribution in [2.75, 3.05) is 13.6 Å². The fourth-order valence-electron chi connectivity index (χ4n) is 1.20. The van der Waals surface area contributed by atoms with Gasteiger partial charge in [-0.25, -0.2) is 9.59 Å². The van der Waals surface area contributed by atoms with Crippen LogP contribution in [0.2, 0.25) is 0 Å². The van der Waals surface area contributed by atoms with Gasteiger partial charge in [0, 0.05) is 13.6 Å². The first-order valence-corrected chi connectivity index (χ1v) is 5.22. The molecular weight excluding hydrogens is 208 g/mol. The van der Waals surface area contributed by atoms with E-state index in [2.05, 4.69) is 5.32 Å². The van der Waals surface area contributed by atoms with E-state index in [-0.39, 0.29) is 11.4 Å². The zero-order valence-electron chi connectivity index (χ0n) is 10.9. The molecule has 0 fully saturated rings. The maximum atomic E-state index is 11.7. The smallest absolute Gasteiger partial charge is 0.328 e. The molecule has 0 bridgehead atoms. The number of amides is 2. The number of carbonyl (C=O) groups is 2. The number of hydrogen-bond acceptors (Lipinski definition) is 2.